The molecule has 0 bridgehead atoms. The van der Waals surface area contributed by atoms with Crippen molar-refractivity contribution in [3.63, 3.8) is 0 Å². The van der Waals surface area contributed by atoms with Gasteiger partial charge in [-0.3, -0.25) is 14.4 Å². The average Bonchev–Trinajstić information content (AvgIpc) is 2.60. The van der Waals surface area contributed by atoms with E-state index < -0.39 is 0 Å². The lowest BCUT2D eigenvalue weighted by Gasteiger charge is -2.13. The molecule has 0 atom stereocenters. The van der Waals surface area contributed by atoms with Crippen molar-refractivity contribution in [1.82, 2.24) is 9.97 Å². The summed E-state index contributed by atoms with van der Waals surface area (Å²) in [6, 6.07) is 8.01. The number of aryl methyl sites for hydroxylation is 1. The molecule has 1 N–H and O–H groups in total. The number of hydrogen-bond acceptors (Lipinski definition) is 5. The van der Waals surface area contributed by atoms with Crippen LogP contribution in [0.25, 0.3) is 0 Å². The summed E-state index contributed by atoms with van der Waals surface area (Å²) in [6.45, 7) is 2.03. The van der Waals surface area contributed by atoms with Crippen LogP contribution in [0.3, 0.4) is 0 Å². The van der Waals surface area contributed by atoms with Crippen LogP contribution in [-0.2, 0) is 28.9 Å². The van der Waals surface area contributed by atoms with Crippen molar-refractivity contribution in [1.29, 1.82) is 0 Å². The maximum absolute atomic E-state index is 12.1. The first-order chi connectivity index (χ1) is 12.5. The van der Waals surface area contributed by atoms with E-state index in [0.717, 1.165) is 12.0 Å². The number of ketones is 2. The van der Waals surface area contributed by atoms with Gasteiger partial charge in [0.05, 0.1) is 5.69 Å². The number of carbonyl (C=O) groups excluding carboxylic acids is 2. The number of hydrogen-bond donors (Lipinski definition) is 1. The van der Waals surface area contributed by atoms with Gasteiger partial charge >= 0.3 is 0 Å². The average molecular weight is 370 g/mol. The summed E-state index contributed by atoms with van der Waals surface area (Å²) in [4.78, 5) is 42.9. The molecule has 0 spiro atoms. The zero-order valence-electron chi connectivity index (χ0n) is 14.8. The van der Waals surface area contributed by atoms with Gasteiger partial charge in [-0.15, -0.1) is 0 Å². The molecule has 1 aromatic carbocycles. The van der Waals surface area contributed by atoms with Gasteiger partial charge in [0.25, 0.3) is 5.56 Å². The topological polar surface area (TPSA) is 79.9 Å². The summed E-state index contributed by atoms with van der Waals surface area (Å²) in [7, 11) is 0. The third kappa shape index (κ3) is 4.91. The highest BCUT2D eigenvalue weighted by Crippen LogP contribution is 2.19. The molecule has 1 heterocycles. The Morgan fingerprint density at radius 3 is 2.73 bits per heavy atom. The van der Waals surface area contributed by atoms with Crippen molar-refractivity contribution >= 4 is 23.3 Å². The Bertz CT molecular complexity index is 872. The third-order valence-corrected chi connectivity index (χ3v) is 5.42. The Labute approximate surface area is 156 Å². The number of aromatic amines is 1. The van der Waals surface area contributed by atoms with E-state index in [2.05, 4.69) is 9.97 Å². The van der Waals surface area contributed by atoms with Gasteiger partial charge in [-0.05, 0) is 25.3 Å². The van der Waals surface area contributed by atoms with E-state index in [1.54, 1.807) is 0 Å². The Morgan fingerprint density at radius 1 is 1.19 bits per heavy atom. The summed E-state index contributed by atoms with van der Waals surface area (Å²) in [5.41, 5.74) is 3.34. The third-order valence-electron chi connectivity index (χ3n) is 4.46. The van der Waals surface area contributed by atoms with Gasteiger partial charge in [-0.25, -0.2) is 4.98 Å². The minimum atomic E-state index is -0.138. The molecule has 136 valence electrons. The second kappa shape index (κ2) is 8.45. The fourth-order valence-electron chi connectivity index (χ4n) is 2.99. The zero-order chi connectivity index (χ0) is 18.5. The number of benzene rings is 1. The number of fused-ring (bicyclic) bond motifs is 1. The molecule has 2 aromatic rings. The van der Waals surface area contributed by atoms with Crippen LogP contribution in [0.15, 0.2) is 34.2 Å². The van der Waals surface area contributed by atoms with Crippen LogP contribution in [0.4, 0.5) is 0 Å². The van der Waals surface area contributed by atoms with Crippen LogP contribution in [0.5, 0.6) is 0 Å². The standard InChI is InChI=1S/C20H22N2O3S/c1-13-4-6-14(7-5-13)11-15(23)3-2-10-26-20-21-18-12-16(24)8-9-17(18)19(25)22-20/h4-7H,2-3,8-12H2,1H3,(H,21,22,25). The van der Waals surface area contributed by atoms with Gasteiger partial charge < -0.3 is 4.98 Å². The van der Waals surface area contributed by atoms with Crippen LogP contribution in [0.2, 0.25) is 0 Å². The van der Waals surface area contributed by atoms with E-state index in [1.807, 2.05) is 31.2 Å². The normalized spacial score (nSPS) is 13.5. The predicted molar refractivity (Wildman–Crippen MR) is 102 cm³/mol. The van der Waals surface area contributed by atoms with E-state index in [4.69, 9.17) is 0 Å². The van der Waals surface area contributed by atoms with Gasteiger partial charge in [0, 0.05) is 37.0 Å². The molecule has 1 aromatic heterocycles. The monoisotopic (exact) mass is 370 g/mol. The lowest BCUT2D eigenvalue weighted by atomic mass is 9.96. The molecule has 3 rings (SSSR count). The van der Waals surface area contributed by atoms with E-state index >= 15 is 0 Å². The van der Waals surface area contributed by atoms with Crippen molar-refractivity contribution in [3.8, 4) is 0 Å². The highest BCUT2D eigenvalue weighted by molar-refractivity contribution is 7.99. The molecule has 0 aliphatic heterocycles. The van der Waals surface area contributed by atoms with E-state index in [9.17, 15) is 14.4 Å². The second-order valence-corrected chi connectivity index (χ2v) is 7.75. The summed E-state index contributed by atoms with van der Waals surface area (Å²) >= 11 is 1.43. The Balaban J connectivity index is 1.47. The fraction of sp³-hybridized carbons (Fsp3) is 0.400. The van der Waals surface area contributed by atoms with Crippen LogP contribution in [0.1, 0.15) is 41.6 Å². The maximum atomic E-state index is 12.1. The van der Waals surface area contributed by atoms with Crippen LogP contribution >= 0.6 is 11.8 Å². The van der Waals surface area contributed by atoms with Gasteiger partial charge in [0.2, 0.25) is 0 Å². The first-order valence-corrected chi connectivity index (χ1v) is 9.83. The highest BCUT2D eigenvalue weighted by atomic mass is 32.2. The quantitative estimate of drug-likeness (QED) is 0.460. The molecular formula is C20H22N2O3S. The number of rotatable bonds is 7. The zero-order valence-corrected chi connectivity index (χ0v) is 15.7. The molecule has 26 heavy (non-hydrogen) atoms. The number of H-pyrrole nitrogens is 1. The minimum absolute atomic E-state index is 0.133. The lowest BCUT2D eigenvalue weighted by molar-refractivity contribution is -0.119. The summed E-state index contributed by atoms with van der Waals surface area (Å²) in [6.07, 6.45) is 2.86. The van der Waals surface area contributed by atoms with Crippen LogP contribution < -0.4 is 5.56 Å². The van der Waals surface area contributed by atoms with Crippen molar-refractivity contribution in [3.05, 3.63) is 57.0 Å². The number of nitrogens with zero attached hydrogens (tertiary/aromatic N) is 1. The number of Topliss-reactive ketones (excluding diaryl/α,β-unsaturated/α-hetero) is 2. The Hall–Kier alpha value is -2.21. The van der Waals surface area contributed by atoms with Gasteiger partial charge in [0.15, 0.2) is 5.16 Å². The van der Waals surface area contributed by atoms with Crippen LogP contribution in [0, 0.1) is 6.92 Å². The molecule has 1 aliphatic rings. The summed E-state index contributed by atoms with van der Waals surface area (Å²) in [5.74, 6) is 1.05. The van der Waals surface area contributed by atoms with Crippen LogP contribution in [-0.4, -0.2) is 27.3 Å². The number of thioether (sulfide) groups is 1. The van der Waals surface area contributed by atoms with E-state index in [0.29, 0.717) is 47.8 Å². The molecule has 0 amide bonds. The fourth-order valence-corrected chi connectivity index (χ4v) is 3.82. The molecule has 0 saturated carbocycles. The van der Waals surface area contributed by atoms with Crippen molar-refractivity contribution in [2.24, 2.45) is 0 Å². The number of aromatic nitrogens is 2. The molecule has 0 fully saturated rings. The van der Waals surface area contributed by atoms with Crippen molar-refractivity contribution in [2.45, 2.75) is 50.6 Å². The minimum Gasteiger partial charge on any atom is -0.301 e. The molecule has 6 heteroatoms. The van der Waals surface area contributed by atoms with E-state index in [-0.39, 0.29) is 23.5 Å². The van der Waals surface area contributed by atoms with Crippen molar-refractivity contribution < 1.29 is 9.59 Å². The molecule has 0 unspecified atom stereocenters. The smallest absolute Gasteiger partial charge is 0.255 e. The SMILES string of the molecule is Cc1ccc(CC(=O)CCCSc2nc3c(c(=O)[nH]2)CCC(=O)C3)cc1. The molecule has 0 saturated heterocycles. The molecule has 1 aliphatic carbocycles. The number of nitrogens with one attached hydrogen (secondary N) is 1. The lowest BCUT2D eigenvalue weighted by Crippen LogP contribution is -2.25. The van der Waals surface area contributed by atoms with E-state index in [1.165, 1.54) is 17.3 Å². The van der Waals surface area contributed by atoms with Gasteiger partial charge in [-0.1, -0.05) is 41.6 Å². The molecule has 0 radical (unpaired) electrons. The first-order valence-electron chi connectivity index (χ1n) is 8.85. The summed E-state index contributed by atoms with van der Waals surface area (Å²) < 4.78 is 0. The second-order valence-electron chi connectivity index (χ2n) is 6.66. The maximum Gasteiger partial charge on any atom is 0.255 e. The largest absolute Gasteiger partial charge is 0.301 e. The molecular weight excluding hydrogens is 348 g/mol. The Morgan fingerprint density at radius 2 is 1.96 bits per heavy atom. The van der Waals surface area contributed by atoms with Gasteiger partial charge in [-0.2, -0.15) is 0 Å². The first kappa shape index (κ1) is 18.6. The number of carbonyl (C=O) groups is 2. The molecule has 5 nitrogen and oxygen atoms in total. The highest BCUT2D eigenvalue weighted by Gasteiger charge is 2.20. The summed E-state index contributed by atoms with van der Waals surface area (Å²) in [5, 5.41) is 0.537. The Kier molecular flexibility index (Phi) is 6.04. The predicted octanol–water partition coefficient (Wildman–Crippen LogP) is 2.82. The van der Waals surface area contributed by atoms with Crippen molar-refractivity contribution in [2.75, 3.05) is 5.75 Å². The van der Waals surface area contributed by atoms with Gasteiger partial charge in [0.1, 0.15) is 11.6 Å².